The van der Waals surface area contributed by atoms with Gasteiger partial charge in [-0.2, -0.15) is 0 Å². The Hall–Kier alpha value is -1.59. The molecule has 0 unspecified atom stereocenters. The van der Waals surface area contributed by atoms with Crippen LogP contribution in [-0.4, -0.2) is 61.1 Å². The van der Waals surface area contributed by atoms with Crippen LogP contribution >= 0.6 is 0 Å². The van der Waals surface area contributed by atoms with Crippen LogP contribution < -0.4 is 10.5 Å². The highest BCUT2D eigenvalue weighted by Gasteiger charge is 2.25. The van der Waals surface area contributed by atoms with Crippen molar-refractivity contribution < 1.29 is 9.53 Å². The van der Waals surface area contributed by atoms with Gasteiger partial charge in [-0.3, -0.25) is 4.79 Å². The molecular formula is C19H29N3O2. The topological polar surface area (TPSA) is 58.8 Å². The quantitative estimate of drug-likeness (QED) is 0.778. The first kappa shape index (κ1) is 17.2. The van der Waals surface area contributed by atoms with E-state index in [1.54, 1.807) is 12.1 Å². The zero-order valence-corrected chi connectivity index (χ0v) is 14.5. The molecule has 1 amide bonds. The van der Waals surface area contributed by atoms with Gasteiger partial charge in [0.2, 0.25) is 5.91 Å². The molecule has 0 spiro atoms. The van der Waals surface area contributed by atoms with Crippen LogP contribution in [0, 0.1) is 0 Å². The Morgan fingerprint density at radius 1 is 1.08 bits per heavy atom. The molecule has 1 aromatic rings. The van der Waals surface area contributed by atoms with E-state index in [1.165, 1.54) is 51.9 Å². The number of benzene rings is 1. The number of piperidine rings is 1. The second-order valence-electron chi connectivity index (χ2n) is 6.91. The standard InChI is InChI=1S/C19H29N3O2/c20-19(23)16-4-6-18(7-5-16)24-15-3-10-21-13-8-17(9-14-21)22-11-1-2-12-22/h4-7,17H,1-3,8-15H2,(H2,20,23). The van der Waals surface area contributed by atoms with Crippen molar-refractivity contribution in [3.05, 3.63) is 29.8 Å². The number of amides is 1. The Morgan fingerprint density at radius 2 is 1.75 bits per heavy atom. The molecule has 5 heteroatoms. The van der Waals surface area contributed by atoms with Crippen molar-refractivity contribution in [1.29, 1.82) is 0 Å². The van der Waals surface area contributed by atoms with Crippen LogP contribution in [0.5, 0.6) is 5.75 Å². The molecule has 0 radical (unpaired) electrons. The lowest BCUT2D eigenvalue weighted by Gasteiger charge is -2.36. The van der Waals surface area contributed by atoms with Gasteiger partial charge in [-0.05, 0) is 82.5 Å². The summed E-state index contributed by atoms with van der Waals surface area (Å²) in [5.74, 6) is 0.395. The van der Waals surface area contributed by atoms with Gasteiger partial charge >= 0.3 is 0 Å². The van der Waals surface area contributed by atoms with E-state index in [-0.39, 0.29) is 0 Å². The molecule has 2 aliphatic heterocycles. The van der Waals surface area contributed by atoms with E-state index in [1.807, 2.05) is 12.1 Å². The van der Waals surface area contributed by atoms with Gasteiger partial charge < -0.3 is 20.3 Å². The maximum atomic E-state index is 11.0. The Balaban J connectivity index is 1.30. The molecule has 0 aliphatic carbocycles. The molecule has 0 aromatic heterocycles. The van der Waals surface area contributed by atoms with Gasteiger partial charge in [0.15, 0.2) is 0 Å². The number of nitrogens with zero attached hydrogens (tertiary/aromatic N) is 2. The summed E-state index contributed by atoms with van der Waals surface area (Å²) in [6, 6.07) is 7.86. The van der Waals surface area contributed by atoms with Gasteiger partial charge in [-0.1, -0.05) is 0 Å². The minimum Gasteiger partial charge on any atom is -0.494 e. The van der Waals surface area contributed by atoms with E-state index < -0.39 is 5.91 Å². The SMILES string of the molecule is NC(=O)c1ccc(OCCCN2CCC(N3CCCC3)CC2)cc1. The monoisotopic (exact) mass is 331 g/mol. The van der Waals surface area contributed by atoms with E-state index in [0.29, 0.717) is 12.2 Å². The first-order chi connectivity index (χ1) is 11.7. The lowest BCUT2D eigenvalue weighted by Crippen LogP contribution is -2.44. The summed E-state index contributed by atoms with van der Waals surface area (Å²) in [7, 11) is 0. The molecule has 0 saturated carbocycles. The van der Waals surface area contributed by atoms with Gasteiger partial charge in [0, 0.05) is 18.2 Å². The molecule has 132 valence electrons. The summed E-state index contributed by atoms with van der Waals surface area (Å²) in [5, 5.41) is 0. The molecule has 2 heterocycles. The molecule has 1 aromatic carbocycles. The van der Waals surface area contributed by atoms with Crippen LogP contribution in [0.15, 0.2) is 24.3 Å². The molecule has 2 aliphatic rings. The highest BCUT2D eigenvalue weighted by molar-refractivity contribution is 5.92. The third-order valence-corrected chi connectivity index (χ3v) is 5.24. The number of carbonyl (C=O) groups excluding carboxylic acids is 1. The smallest absolute Gasteiger partial charge is 0.248 e. The number of hydrogen-bond donors (Lipinski definition) is 1. The summed E-state index contributed by atoms with van der Waals surface area (Å²) < 4.78 is 5.75. The number of primary amides is 1. The van der Waals surface area contributed by atoms with Gasteiger partial charge in [-0.15, -0.1) is 0 Å². The Bertz CT molecular complexity index is 518. The maximum absolute atomic E-state index is 11.0. The van der Waals surface area contributed by atoms with Crippen LogP contribution in [-0.2, 0) is 0 Å². The summed E-state index contributed by atoms with van der Waals surface area (Å²) in [6.07, 6.45) is 6.44. The Morgan fingerprint density at radius 3 is 2.38 bits per heavy atom. The molecule has 24 heavy (non-hydrogen) atoms. The fraction of sp³-hybridized carbons (Fsp3) is 0.632. The van der Waals surface area contributed by atoms with Crippen molar-refractivity contribution >= 4 is 5.91 Å². The zero-order valence-electron chi connectivity index (χ0n) is 14.5. The molecule has 5 nitrogen and oxygen atoms in total. The van der Waals surface area contributed by atoms with Crippen molar-refractivity contribution in [2.24, 2.45) is 5.73 Å². The summed E-state index contributed by atoms with van der Waals surface area (Å²) in [4.78, 5) is 16.3. The predicted molar refractivity (Wildman–Crippen MR) is 95.3 cm³/mol. The van der Waals surface area contributed by atoms with Gasteiger partial charge in [0.05, 0.1) is 6.61 Å². The zero-order chi connectivity index (χ0) is 16.8. The van der Waals surface area contributed by atoms with Crippen LogP contribution in [0.4, 0.5) is 0 Å². The average Bonchev–Trinajstić information content (AvgIpc) is 3.14. The van der Waals surface area contributed by atoms with Crippen molar-refractivity contribution in [1.82, 2.24) is 9.80 Å². The van der Waals surface area contributed by atoms with Crippen molar-refractivity contribution in [3.8, 4) is 5.75 Å². The fourth-order valence-electron chi connectivity index (χ4n) is 3.81. The predicted octanol–water partition coefficient (Wildman–Crippen LogP) is 2.11. The van der Waals surface area contributed by atoms with E-state index in [0.717, 1.165) is 24.8 Å². The third-order valence-electron chi connectivity index (χ3n) is 5.24. The number of nitrogens with two attached hydrogens (primary N) is 1. The van der Waals surface area contributed by atoms with Crippen molar-refractivity contribution in [2.45, 2.75) is 38.1 Å². The molecule has 2 fully saturated rings. The number of likely N-dealkylation sites (tertiary alicyclic amines) is 2. The Labute approximate surface area is 144 Å². The van der Waals surface area contributed by atoms with E-state index in [9.17, 15) is 4.79 Å². The number of rotatable bonds is 7. The van der Waals surface area contributed by atoms with E-state index in [4.69, 9.17) is 10.5 Å². The van der Waals surface area contributed by atoms with Gasteiger partial charge in [-0.25, -0.2) is 0 Å². The molecule has 0 bridgehead atoms. The van der Waals surface area contributed by atoms with E-state index in [2.05, 4.69) is 9.80 Å². The van der Waals surface area contributed by atoms with Crippen LogP contribution in [0.3, 0.4) is 0 Å². The van der Waals surface area contributed by atoms with Crippen LogP contribution in [0.25, 0.3) is 0 Å². The fourth-order valence-corrected chi connectivity index (χ4v) is 3.81. The number of ether oxygens (including phenoxy) is 1. The molecular weight excluding hydrogens is 302 g/mol. The molecule has 3 rings (SSSR count). The normalized spacial score (nSPS) is 20.3. The van der Waals surface area contributed by atoms with Gasteiger partial charge in [0.25, 0.3) is 0 Å². The van der Waals surface area contributed by atoms with E-state index >= 15 is 0 Å². The highest BCUT2D eigenvalue weighted by atomic mass is 16.5. The largest absolute Gasteiger partial charge is 0.494 e. The maximum Gasteiger partial charge on any atom is 0.248 e. The second kappa shape index (κ2) is 8.49. The number of hydrogen-bond acceptors (Lipinski definition) is 4. The first-order valence-electron chi connectivity index (χ1n) is 9.21. The Kier molecular flexibility index (Phi) is 6.10. The summed E-state index contributed by atoms with van der Waals surface area (Å²) in [6.45, 7) is 6.87. The lowest BCUT2D eigenvalue weighted by atomic mass is 10.0. The van der Waals surface area contributed by atoms with Crippen molar-refractivity contribution in [3.63, 3.8) is 0 Å². The summed E-state index contributed by atoms with van der Waals surface area (Å²) >= 11 is 0. The van der Waals surface area contributed by atoms with Crippen molar-refractivity contribution in [2.75, 3.05) is 39.3 Å². The third kappa shape index (κ3) is 4.71. The minimum absolute atomic E-state index is 0.404. The molecule has 2 N–H and O–H groups in total. The summed E-state index contributed by atoms with van der Waals surface area (Å²) in [5.41, 5.74) is 5.75. The lowest BCUT2D eigenvalue weighted by molar-refractivity contribution is 0.100. The molecule has 0 atom stereocenters. The minimum atomic E-state index is -0.404. The van der Waals surface area contributed by atoms with Gasteiger partial charge in [0.1, 0.15) is 5.75 Å². The number of carbonyl (C=O) groups is 1. The van der Waals surface area contributed by atoms with Crippen LogP contribution in [0.2, 0.25) is 0 Å². The first-order valence-corrected chi connectivity index (χ1v) is 9.21. The average molecular weight is 331 g/mol. The second-order valence-corrected chi connectivity index (χ2v) is 6.91. The molecule has 2 saturated heterocycles. The van der Waals surface area contributed by atoms with Crippen LogP contribution in [0.1, 0.15) is 42.5 Å². The highest BCUT2D eigenvalue weighted by Crippen LogP contribution is 2.21.